The molecule has 86 valence electrons. The number of nitrogens with zero attached hydrogens (tertiary/aromatic N) is 1. The van der Waals surface area contributed by atoms with E-state index in [9.17, 15) is 0 Å². The van der Waals surface area contributed by atoms with Crippen molar-refractivity contribution in [3.05, 3.63) is 29.6 Å². The fraction of sp³-hybridized carbons (Fsp3) is 0.583. The second-order valence-electron chi connectivity index (χ2n) is 4.43. The fourth-order valence-electron chi connectivity index (χ4n) is 2.56. The number of piperidine rings is 1. The summed E-state index contributed by atoms with van der Waals surface area (Å²) in [5.74, 6) is 0. The van der Waals surface area contributed by atoms with Gasteiger partial charge in [0.2, 0.25) is 0 Å². The van der Waals surface area contributed by atoms with Crippen LogP contribution in [0.5, 0.6) is 0 Å². The normalized spacial score (nSPS) is 33.7. The molecule has 1 N–H and O–H groups in total. The Morgan fingerprint density at radius 3 is 3.31 bits per heavy atom. The molecule has 4 heteroatoms. The maximum absolute atomic E-state index is 5.86. The van der Waals surface area contributed by atoms with Gasteiger partial charge in [0.25, 0.3) is 0 Å². The van der Waals surface area contributed by atoms with Crippen molar-refractivity contribution in [3.63, 3.8) is 0 Å². The van der Waals surface area contributed by atoms with E-state index in [0.29, 0.717) is 6.79 Å². The number of hydrogen-bond acceptors (Lipinski definition) is 4. The Balaban J connectivity index is 2.02. The number of pyridine rings is 1. The summed E-state index contributed by atoms with van der Waals surface area (Å²) in [6.07, 6.45) is 1.02. The summed E-state index contributed by atoms with van der Waals surface area (Å²) in [6, 6.07) is 6.08. The van der Waals surface area contributed by atoms with Gasteiger partial charge < -0.3 is 14.8 Å². The van der Waals surface area contributed by atoms with Gasteiger partial charge in [-0.05, 0) is 32.0 Å². The van der Waals surface area contributed by atoms with E-state index in [0.717, 1.165) is 30.9 Å². The summed E-state index contributed by atoms with van der Waals surface area (Å²) in [7, 11) is 0. The molecule has 1 aromatic rings. The first-order valence-electron chi connectivity index (χ1n) is 5.72. The highest BCUT2D eigenvalue weighted by molar-refractivity contribution is 5.21. The zero-order chi connectivity index (χ0) is 11.0. The zero-order valence-corrected chi connectivity index (χ0v) is 9.40. The van der Waals surface area contributed by atoms with Gasteiger partial charge in [0.1, 0.15) is 18.5 Å². The van der Waals surface area contributed by atoms with Crippen LogP contribution in [-0.4, -0.2) is 31.0 Å². The molecular weight excluding hydrogens is 204 g/mol. The highest BCUT2D eigenvalue weighted by Crippen LogP contribution is 2.39. The predicted molar refractivity (Wildman–Crippen MR) is 59.0 cm³/mol. The molecule has 2 saturated heterocycles. The van der Waals surface area contributed by atoms with Gasteiger partial charge in [-0.25, -0.2) is 0 Å². The quantitative estimate of drug-likeness (QED) is 0.765. The average Bonchev–Trinajstić information content (AvgIpc) is 2.73. The topological polar surface area (TPSA) is 43.4 Å². The van der Waals surface area contributed by atoms with Crippen LogP contribution < -0.4 is 5.32 Å². The molecule has 0 spiro atoms. The Labute approximate surface area is 95.0 Å². The molecule has 4 nitrogen and oxygen atoms in total. The summed E-state index contributed by atoms with van der Waals surface area (Å²) >= 11 is 0. The third-order valence-corrected chi connectivity index (χ3v) is 3.43. The number of aryl methyl sites for hydroxylation is 1. The first-order chi connectivity index (χ1) is 7.81. The number of aromatic nitrogens is 1. The van der Waals surface area contributed by atoms with Gasteiger partial charge in [-0.15, -0.1) is 0 Å². The molecule has 0 aliphatic carbocycles. The van der Waals surface area contributed by atoms with Crippen molar-refractivity contribution in [2.24, 2.45) is 0 Å². The number of ether oxygens (including phenoxy) is 2. The van der Waals surface area contributed by atoms with Gasteiger partial charge in [-0.1, -0.05) is 6.07 Å². The highest BCUT2D eigenvalue weighted by atomic mass is 16.7. The van der Waals surface area contributed by atoms with E-state index < -0.39 is 0 Å². The number of hydrogen-bond donors (Lipinski definition) is 1. The van der Waals surface area contributed by atoms with E-state index in [1.165, 1.54) is 0 Å². The maximum atomic E-state index is 5.86. The van der Waals surface area contributed by atoms with Gasteiger partial charge in [-0.2, -0.15) is 0 Å². The third-order valence-electron chi connectivity index (χ3n) is 3.43. The largest absolute Gasteiger partial charge is 0.347 e. The molecule has 2 aliphatic heterocycles. The van der Waals surface area contributed by atoms with Crippen LogP contribution in [0.15, 0.2) is 18.2 Å². The van der Waals surface area contributed by atoms with Crippen molar-refractivity contribution in [2.75, 3.05) is 19.9 Å². The second kappa shape index (κ2) is 3.80. The molecule has 0 aromatic carbocycles. The van der Waals surface area contributed by atoms with E-state index >= 15 is 0 Å². The third kappa shape index (κ3) is 1.45. The maximum Gasteiger partial charge on any atom is 0.148 e. The minimum absolute atomic E-state index is 0.0931. The summed E-state index contributed by atoms with van der Waals surface area (Å²) in [5.41, 5.74) is 1.72. The van der Waals surface area contributed by atoms with Crippen LogP contribution in [0.25, 0.3) is 0 Å². The Morgan fingerprint density at radius 1 is 1.50 bits per heavy atom. The Hall–Kier alpha value is -0.970. The van der Waals surface area contributed by atoms with Crippen LogP contribution in [0, 0.1) is 6.92 Å². The molecule has 3 rings (SSSR count). The van der Waals surface area contributed by atoms with Crippen LogP contribution in [-0.2, 0) is 15.1 Å². The van der Waals surface area contributed by atoms with Crippen molar-refractivity contribution in [2.45, 2.75) is 25.0 Å². The zero-order valence-electron chi connectivity index (χ0n) is 9.40. The lowest BCUT2D eigenvalue weighted by Gasteiger charge is -2.36. The predicted octanol–water partition coefficient (Wildman–Crippen LogP) is 0.952. The molecule has 2 aliphatic rings. The van der Waals surface area contributed by atoms with Gasteiger partial charge in [0.15, 0.2) is 0 Å². The van der Waals surface area contributed by atoms with Crippen LogP contribution >= 0.6 is 0 Å². The molecule has 0 saturated carbocycles. The smallest absolute Gasteiger partial charge is 0.148 e. The van der Waals surface area contributed by atoms with Gasteiger partial charge in [0.05, 0.1) is 5.69 Å². The Kier molecular flexibility index (Phi) is 2.42. The van der Waals surface area contributed by atoms with Gasteiger partial charge >= 0.3 is 0 Å². The van der Waals surface area contributed by atoms with Crippen LogP contribution in [0.1, 0.15) is 17.8 Å². The second-order valence-corrected chi connectivity index (χ2v) is 4.43. The van der Waals surface area contributed by atoms with Crippen LogP contribution in [0.4, 0.5) is 0 Å². The molecule has 0 radical (unpaired) electrons. The number of fused-ring (bicyclic) bond motifs is 1. The van der Waals surface area contributed by atoms with Crippen molar-refractivity contribution in [1.82, 2.24) is 10.3 Å². The molecule has 3 heterocycles. The number of nitrogens with one attached hydrogen (secondary N) is 1. The van der Waals surface area contributed by atoms with Gasteiger partial charge in [0, 0.05) is 12.2 Å². The molecule has 1 aromatic heterocycles. The molecule has 0 unspecified atom stereocenters. The highest BCUT2D eigenvalue weighted by Gasteiger charge is 2.49. The lowest BCUT2D eigenvalue weighted by atomic mass is 9.86. The standard InChI is InChI=1S/C12H16N2O2/c1-9-3-2-4-10(14-9)12-5-6-13-7-11(12)15-8-16-12/h2-4,11,13H,5-8H2,1H3/t11-,12-/m1/s1. The van der Waals surface area contributed by atoms with Gasteiger partial charge in [-0.3, -0.25) is 4.98 Å². The summed E-state index contributed by atoms with van der Waals surface area (Å²) in [5, 5.41) is 3.33. The average molecular weight is 220 g/mol. The Morgan fingerprint density at radius 2 is 2.44 bits per heavy atom. The lowest BCUT2D eigenvalue weighted by molar-refractivity contribution is -0.0300. The molecule has 0 bridgehead atoms. The van der Waals surface area contributed by atoms with E-state index in [1.54, 1.807) is 0 Å². The molecule has 2 atom stereocenters. The van der Waals surface area contributed by atoms with E-state index in [-0.39, 0.29) is 11.7 Å². The fourth-order valence-corrected chi connectivity index (χ4v) is 2.56. The molecule has 16 heavy (non-hydrogen) atoms. The summed E-state index contributed by atoms with van der Waals surface area (Å²) < 4.78 is 11.5. The van der Waals surface area contributed by atoms with Crippen LogP contribution in [0.3, 0.4) is 0 Å². The minimum atomic E-state index is -0.322. The molecule has 0 amide bonds. The minimum Gasteiger partial charge on any atom is -0.347 e. The molecular formula is C12H16N2O2. The summed E-state index contributed by atoms with van der Waals surface area (Å²) in [6.45, 7) is 4.18. The van der Waals surface area contributed by atoms with Crippen molar-refractivity contribution in [1.29, 1.82) is 0 Å². The van der Waals surface area contributed by atoms with Crippen LogP contribution in [0.2, 0.25) is 0 Å². The monoisotopic (exact) mass is 220 g/mol. The first-order valence-corrected chi connectivity index (χ1v) is 5.72. The van der Waals surface area contributed by atoms with E-state index in [2.05, 4.69) is 10.3 Å². The SMILES string of the molecule is Cc1cccc([C@]23CCNC[C@H]2OCO3)n1. The van der Waals surface area contributed by atoms with E-state index in [1.807, 2.05) is 25.1 Å². The number of rotatable bonds is 1. The summed E-state index contributed by atoms with van der Waals surface area (Å²) in [4.78, 5) is 4.60. The van der Waals surface area contributed by atoms with E-state index in [4.69, 9.17) is 9.47 Å². The first kappa shape index (κ1) is 10.2. The molecule has 2 fully saturated rings. The van der Waals surface area contributed by atoms with Crippen molar-refractivity contribution < 1.29 is 9.47 Å². The lowest BCUT2D eigenvalue weighted by Crippen LogP contribution is -2.50. The Bertz CT molecular complexity index is 396. The van der Waals surface area contributed by atoms with Crippen molar-refractivity contribution >= 4 is 0 Å². The van der Waals surface area contributed by atoms with Crippen molar-refractivity contribution in [3.8, 4) is 0 Å².